The molecule has 0 atom stereocenters. The molecule has 0 radical (unpaired) electrons. The van der Waals surface area contributed by atoms with Crippen molar-refractivity contribution in [3.8, 4) is 11.3 Å². The number of benzene rings is 1. The Kier molecular flexibility index (Phi) is 4.31. The second-order valence-corrected chi connectivity index (χ2v) is 7.91. The van der Waals surface area contributed by atoms with E-state index in [0.29, 0.717) is 11.7 Å². The molecule has 118 valence electrons. The molecule has 1 aliphatic carbocycles. The lowest BCUT2D eigenvalue weighted by Gasteiger charge is -2.04. The highest BCUT2D eigenvalue weighted by Crippen LogP contribution is 2.32. The predicted molar refractivity (Wildman–Crippen MR) is 86.7 cm³/mol. The van der Waals surface area contributed by atoms with Gasteiger partial charge in [0.25, 0.3) is 0 Å². The number of nitrogens with one attached hydrogen (secondary N) is 2. The van der Waals surface area contributed by atoms with Gasteiger partial charge in [-0.25, -0.2) is 18.1 Å². The fourth-order valence-corrected chi connectivity index (χ4v) is 3.46. The van der Waals surface area contributed by atoms with Gasteiger partial charge in [0.15, 0.2) is 0 Å². The number of aromatic nitrogens is 2. The number of nitrogens with zero attached hydrogens (tertiary/aromatic N) is 1. The van der Waals surface area contributed by atoms with Crippen LogP contribution in [0.3, 0.4) is 0 Å². The third-order valence-electron chi connectivity index (χ3n) is 3.94. The normalized spacial score (nSPS) is 15.1. The molecule has 1 saturated carbocycles. The molecular formula is C16H21N3O2S. The Labute approximate surface area is 131 Å². The van der Waals surface area contributed by atoms with E-state index in [-0.39, 0.29) is 12.3 Å². The zero-order valence-corrected chi connectivity index (χ0v) is 13.5. The topological polar surface area (TPSA) is 74.8 Å². The molecule has 0 spiro atoms. The van der Waals surface area contributed by atoms with Gasteiger partial charge in [-0.05, 0) is 24.8 Å². The second kappa shape index (κ2) is 6.22. The largest absolute Gasteiger partial charge is 0.341 e. The van der Waals surface area contributed by atoms with E-state index < -0.39 is 10.0 Å². The maximum atomic E-state index is 11.9. The molecule has 0 bridgehead atoms. The van der Waals surface area contributed by atoms with E-state index in [4.69, 9.17) is 0 Å². The highest BCUT2D eigenvalue weighted by molar-refractivity contribution is 7.89. The Morgan fingerprint density at radius 3 is 2.68 bits per heavy atom. The van der Waals surface area contributed by atoms with Gasteiger partial charge in [-0.15, -0.1) is 0 Å². The summed E-state index contributed by atoms with van der Waals surface area (Å²) in [6.45, 7) is 2.25. The smallest absolute Gasteiger partial charge is 0.212 e. The number of sulfonamides is 1. The second-order valence-electron chi connectivity index (χ2n) is 5.98. The highest BCUT2D eigenvalue weighted by atomic mass is 32.2. The fourth-order valence-electron chi connectivity index (χ4n) is 2.31. The van der Waals surface area contributed by atoms with E-state index >= 15 is 0 Å². The van der Waals surface area contributed by atoms with Gasteiger partial charge in [-0.1, -0.05) is 42.7 Å². The number of aryl methyl sites for hydroxylation is 1. The van der Waals surface area contributed by atoms with Crippen molar-refractivity contribution in [3.05, 3.63) is 41.9 Å². The first kappa shape index (κ1) is 15.2. The number of H-pyrrole nitrogens is 1. The average molecular weight is 319 g/mol. The molecule has 2 N–H and O–H groups in total. The van der Waals surface area contributed by atoms with Gasteiger partial charge in [0.1, 0.15) is 5.82 Å². The first-order valence-corrected chi connectivity index (χ1v) is 9.25. The minimum Gasteiger partial charge on any atom is -0.341 e. The van der Waals surface area contributed by atoms with Crippen molar-refractivity contribution in [1.82, 2.24) is 14.7 Å². The van der Waals surface area contributed by atoms with Crippen molar-refractivity contribution in [2.75, 3.05) is 5.75 Å². The number of hydrogen-bond donors (Lipinski definition) is 2. The molecule has 1 aromatic carbocycles. The Balaban J connectivity index is 1.58. The van der Waals surface area contributed by atoms with Crippen molar-refractivity contribution >= 4 is 10.0 Å². The summed E-state index contributed by atoms with van der Waals surface area (Å²) in [5.41, 5.74) is 3.14. The molecule has 22 heavy (non-hydrogen) atoms. The standard InChI is InChI=1S/C16H21N3O2S/c1-12-2-6-14(7-3-12)15-10-17-16(19-15)11-18-22(20,21)9-8-13-4-5-13/h2-3,6-7,10,13,18H,4-5,8-9,11H2,1H3,(H,17,19). The lowest BCUT2D eigenvalue weighted by atomic mass is 10.1. The highest BCUT2D eigenvalue weighted by Gasteiger charge is 2.23. The van der Waals surface area contributed by atoms with E-state index in [1.54, 1.807) is 6.20 Å². The monoisotopic (exact) mass is 319 g/mol. The zero-order valence-electron chi connectivity index (χ0n) is 12.7. The van der Waals surface area contributed by atoms with Crippen molar-refractivity contribution in [2.45, 2.75) is 32.7 Å². The summed E-state index contributed by atoms with van der Waals surface area (Å²) in [5.74, 6) is 1.46. The van der Waals surface area contributed by atoms with E-state index in [0.717, 1.165) is 17.7 Å². The van der Waals surface area contributed by atoms with Gasteiger partial charge in [0.2, 0.25) is 10.0 Å². The van der Waals surface area contributed by atoms with Gasteiger partial charge < -0.3 is 4.98 Å². The molecule has 2 aromatic rings. The molecule has 1 fully saturated rings. The van der Waals surface area contributed by atoms with E-state index in [1.165, 1.54) is 18.4 Å². The summed E-state index contributed by atoms with van der Waals surface area (Å²) in [6.07, 6.45) is 4.85. The van der Waals surface area contributed by atoms with Gasteiger partial charge in [-0.2, -0.15) is 0 Å². The minimum atomic E-state index is -3.21. The van der Waals surface area contributed by atoms with Gasteiger partial charge in [0, 0.05) is 0 Å². The van der Waals surface area contributed by atoms with Gasteiger partial charge >= 0.3 is 0 Å². The van der Waals surface area contributed by atoms with Gasteiger partial charge in [-0.3, -0.25) is 0 Å². The molecule has 1 heterocycles. The minimum absolute atomic E-state index is 0.207. The molecule has 5 nitrogen and oxygen atoms in total. The first-order chi connectivity index (χ1) is 10.5. The molecule has 1 aromatic heterocycles. The van der Waals surface area contributed by atoms with E-state index in [1.807, 2.05) is 31.2 Å². The maximum Gasteiger partial charge on any atom is 0.212 e. The Hall–Kier alpha value is -1.66. The van der Waals surface area contributed by atoms with Crippen LogP contribution >= 0.6 is 0 Å². The molecule has 6 heteroatoms. The van der Waals surface area contributed by atoms with Crippen LogP contribution in [0.2, 0.25) is 0 Å². The maximum absolute atomic E-state index is 11.9. The zero-order chi connectivity index (χ0) is 15.6. The molecule has 0 unspecified atom stereocenters. The van der Waals surface area contributed by atoms with Crippen molar-refractivity contribution in [3.63, 3.8) is 0 Å². The summed E-state index contributed by atoms with van der Waals surface area (Å²) in [4.78, 5) is 7.40. The number of hydrogen-bond acceptors (Lipinski definition) is 3. The molecule has 1 aliphatic rings. The van der Waals surface area contributed by atoms with Crippen LogP contribution < -0.4 is 4.72 Å². The van der Waals surface area contributed by atoms with Crippen molar-refractivity contribution < 1.29 is 8.42 Å². The van der Waals surface area contributed by atoms with Crippen LogP contribution in [0.15, 0.2) is 30.5 Å². The van der Waals surface area contributed by atoms with Gasteiger partial charge in [0.05, 0.1) is 24.2 Å². The third kappa shape index (κ3) is 4.18. The van der Waals surface area contributed by atoms with Crippen LogP contribution in [-0.2, 0) is 16.6 Å². The predicted octanol–water partition coefficient (Wildman–Crippen LogP) is 2.60. The van der Waals surface area contributed by atoms with Crippen molar-refractivity contribution in [2.24, 2.45) is 5.92 Å². The molecular weight excluding hydrogens is 298 g/mol. The first-order valence-electron chi connectivity index (χ1n) is 7.60. The third-order valence-corrected chi connectivity index (χ3v) is 5.30. The number of imidazole rings is 1. The fraction of sp³-hybridized carbons (Fsp3) is 0.438. The van der Waals surface area contributed by atoms with E-state index in [2.05, 4.69) is 14.7 Å². The van der Waals surface area contributed by atoms with Crippen LogP contribution in [0.1, 0.15) is 30.7 Å². The van der Waals surface area contributed by atoms with Crippen LogP contribution in [0, 0.1) is 12.8 Å². The number of rotatable bonds is 7. The number of aromatic amines is 1. The lowest BCUT2D eigenvalue weighted by molar-refractivity contribution is 0.574. The summed E-state index contributed by atoms with van der Waals surface area (Å²) in [7, 11) is -3.21. The molecule has 3 rings (SSSR count). The van der Waals surface area contributed by atoms with Crippen molar-refractivity contribution in [1.29, 1.82) is 0 Å². The quantitative estimate of drug-likeness (QED) is 0.824. The van der Waals surface area contributed by atoms with E-state index in [9.17, 15) is 8.42 Å². The summed E-state index contributed by atoms with van der Waals surface area (Å²) in [5, 5.41) is 0. The van der Waals surface area contributed by atoms with Crippen LogP contribution in [0.25, 0.3) is 11.3 Å². The van der Waals surface area contributed by atoms with Crippen LogP contribution in [-0.4, -0.2) is 24.1 Å². The van der Waals surface area contributed by atoms with Crippen LogP contribution in [0.5, 0.6) is 0 Å². The summed E-state index contributed by atoms with van der Waals surface area (Å²) < 4.78 is 26.4. The molecule has 0 amide bonds. The summed E-state index contributed by atoms with van der Waals surface area (Å²) >= 11 is 0. The molecule has 0 aliphatic heterocycles. The Morgan fingerprint density at radius 2 is 2.00 bits per heavy atom. The van der Waals surface area contributed by atoms with Crippen LogP contribution in [0.4, 0.5) is 0 Å². The lowest BCUT2D eigenvalue weighted by Crippen LogP contribution is -2.26. The SMILES string of the molecule is Cc1ccc(-c2cnc(CNS(=O)(=O)CCC3CC3)[nH]2)cc1. The Morgan fingerprint density at radius 1 is 1.27 bits per heavy atom. The molecule has 0 saturated heterocycles. The Bertz CT molecular complexity index is 731. The average Bonchev–Trinajstić information content (AvgIpc) is 3.21. The summed E-state index contributed by atoms with van der Waals surface area (Å²) in [6, 6.07) is 8.12.